The minimum atomic E-state index is 0.125. The highest BCUT2D eigenvalue weighted by atomic mass is 16.2. The van der Waals surface area contributed by atoms with E-state index in [4.69, 9.17) is 0 Å². The van der Waals surface area contributed by atoms with Gasteiger partial charge in [-0.3, -0.25) is 4.79 Å². The average Bonchev–Trinajstić information content (AvgIpc) is 2.59. The molecule has 0 spiro atoms. The molecule has 1 amide bonds. The van der Waals surface area contributed by atoms with Crippen LogP contribution in [-0.4, -0.2) is 18.5 Å². The fourth-order valence-corrected chi connectivity index (χ4v) is 2.13. The monoisotopic (exact) mass is 218 g/mol. The molecule has 2 rings (SSSR count). The maximum absolute atomic E-state index is 11.4. The number of rotatable bonds is 2. The van der Waals surface area contributed by atoms with Crippen LogP contribution < -0.4 is 10.2 Å². The van der Waals surface area contributed by atoms with Gasteiger partial charge in [0.05, 0.1) is 0 Å². The van der Waals surface area contributed by atoms with Gasteiger partial charge in [-0.15, -0.1) is 0 Å². The van der Waals surface area contributed by atoms with Gasteiger partial charge < -0.3 is 10.2 Å². The van der Waals surface area contributed by atoms with E-state index in [0.29, 0.717) is 6.04 Å². The van der Waals surface area contributed by atoms with Crippen molar-refractivity contribution in [3.05, 3.63) is 23.8 Å². The molecule has 3 heteroatoms. The molecule has 1 aromatic rings. The van der Waals surface area contributed by atoms with Gasteiger partial charge in [0.2, 0.25) is 5.91 Å². The second-order valence-corrected chi connectivity index (χ2v) is 4.56. The molecular weight excluding hydrogens is 200 g/mol. The minimum absolute atomic E-state index is 0.125. The Balaban J connectivity index is 2.30. The van der Waals surface area contributed by atoms with E-state index in [-0.39, 0.29) is 5.91 Å². The first-order valence-electron chi connectivity index (χ1n) is 5.75. The van der Waals surface area contributed by atoms with Crippen molar-refractivity contribution in [3.63, 3.8) is 0 Å². The smallest absolute Gasteiger partial charge is 0.223 e. The summed E-state index contributed by atoms with van der Waals surface area (Å²) < 4.78 is 0. The van der Waals surface area contributed by atoms with Gasteiger partial charge in [-0.05, 0) is 38.0 Å². The van der Waals surface area contributed by atoms with Gasteiger partial charge in [0.15, 0.2) is 0 Å². The van der Waals surface area contributed by atoms with E-state index in [1.165, 1.54) is 5.56 Å². The summed E-state index contributed by atoms with van der Waals surface area (Å²) in [7, 11) is 0. The van der Waals surface area contributed by atoms with E-state index >= 15 is 0 Å². The summed E-state index contributed by atoms with van der Waals surface area (Å²) in [5.41, 5.74) is 3.42. The summed E-state index contributed by atoms with van der Waals surface area (Å²) in [4.78, 5) is 13.3. The molecule has 86 valence electrons. The molecule has 1 aliphatic heterocycles. The quantitative estimate of drug-likeness (QED) is 0.826. The summed E-state index contributed by atoms with van der Waals surface area (Å²) in [5.74, 6) is 0.125. The number of benzene rings is 1. The zero-order valence-corrected chi connectivity index (χ0v) is 10.1. The van der Waals surface area contributed by atoms with Crippen LogP contribution in [0.3, 0.4) is 0 Å². The van der Waals surface area contributed by atoms with Crippen LogP contribution in [0.5, 0.6) is 0 Å². The lowest BCUT2D eigenvalue weighted by molar-refractivity contribution is -0.116. The average molecular weight is 218 g/mol. The van der Waals surface area contributed by atoms with Gasteiger partial charge in [0.1, 0.15) is 0 Å². The van der Waals surface area contributed by atoms with Crippen molar-refractivity contribution in [2.45, 2.75) is 33.2 Å². The first kappa shape index (κ1) is 11.0. The van der Waals surface area contributed by atoms with Gasteiger partial charge in [-0.1, -0.05) is 6.07 Å². The van der Waals surface area contributed by atoms with Gasteiger partial charge in [-0.2, -0.15) is 0 Å². The molecule has 16 heavy (non-hydrogen) atoms. The lowest BCUT2D eigenvalue weighted by Gasteiger charge is -2.17. The molecular formula is C13H18N2O. The van der Waals surface area contributed by atoms with Crippen molar-refractivity contribution >= 4 is 17.3 Å². The number of anilines is 2. The number of nitrogens with one attached hydrogen (secondary N) is 1. The molecule has 0 bridgehead atoms. The summed E-state index contributed by atoms with van der Waals surface area (Å²) in [6, 6.07) is 6.68. The van der Waals surface area contributed by atoms with E-state index in [9.17, 15) is 4.79 Å². The second-order valence-electron chi connectivity index (χ2n) is 4.56. The Bertz CT molecular complexity index is 412. The van der Waals surface area contributed by atoms with Crippen molar-refractivity contribution in [3.8, 4) is 0 Å². The number of fused-ring (bicyclic) bond motifs is 1. The Morgan fingerprint density at radius 2 is 2.19 bits per heavy atom. The highest BCUT2D eigenvalue weighted by Gasteiger charge is 2.22. The zero-order valence-electron chi connectivity index (χ0n) is 10.1. The third-order valence-corrected chi connectivity index (χ3v) is 2.82. The van der Waals surface area contributed by atoms with E-state index in [2.05, 4.69) is 37.4 Å². The molecule has 1 heterocycles. The van der Waals surface area contributed by atoms with Crippen LogP contribution in [0, 0.1) is 0 Å². The summed E-state index contributed by atoms with van der Waals surface area (Å²) >= 11 is 0. The Hall–Kier alpha value is -1.51. The molecule has 0 radical (unpaired) electrons. The SMILES string of the molecule is CC(=O)N1CCc2ccc(NC(C)C)cc21. The molecule has 3 nitrogen and oxygen atoms in total. The zero-order chi connectivity index (χ0) is 11.7. The normalized spacial score (nSPS) is 14.1. The van der Waals surface area contributed by atoms with Crippen LogP contribution in [-0.2, 0) is 11.2 Å². The molecule has 0 aliphatic carbocycles. The Morgan fingerprint density at radius 3 is 2.81 bits per heavy atom. The Morgan fingerprint density at radius 1 is 1.44 bits per heavy atom. The standard InChI is InChI=1S/C13H18N2O/c1-9(2)14-12-5-4-11-6-7-15(10(3)16)13(11)8-12/h4-5,8-9,14H,6-7H2,1-3H3. The topological polar surface area (TPSA) is 32.3 Å². The fraction of sp³-hybridized carbons (Fsp3) is 0.462. The van der Waals surface area contributed by atoms with E-state index < -0.39 is 0 Å². The fourth-order valence-electron chi connectivity index (χ4n) is 2.13. The number of amides is 1. The Kier molecular flexibility index (Phi) is 2.86. The van der Waals surface area contributed by atoms with Crippen molar-refractivity contribution in [1.29, 1.82) is 0 Å². The number of carbonyl (C=O) groups is 1. The molecule has 0 atom stereocenters. The van der Waals surface area contributed by atoms with Crippen LogP contribution in [0.1, 0.15) is 26.3 Å². The highest BCUT2D eigenvalue weighted by Crippen LogP contribution is 2.30. The summed E-state index contributed by atoms with van der Waals surface area (Å²) in [6.07, 6.45) is 0.969. The molecule has 0 unspecified atom stereocenters. The van der Waals surface area contributed by atoms with Crippen LogP contribution in [0.25, 0.3) is 0 Å². The summed E-state index contributed by atoms with van der Waals surface area (Å²) in [5, 5.41) is 3.36. The lowest BCUT2D eigenvalue weighted by atomic mass is 10.1. The molecule has 1 aromatic carbocycles. The molecule has 0 aromatic heterocycles. The molecule has 1 N–H and O–H groups in total. The third-order valence-electron chi connectivity index (χ3n) is 2.82. The van der Waals surface area contributed by atoms with Crippen molar-refractivity contribution < 1.29 is 4.79 Å². The largest absolute Gasteiger partial charge is 0.383 e. The van der Waals surface area contributed by atoms with Gasteiger partial charge in [0.25, 0.3) is 0 Å². The predicted molar refractivity (Wildman–Crippen MR) is 66.9 cm³/mol. The first-order chi connectivity index (χ1) is 7.58. The molecule has 1 aliphatic rings. The summed E-state index contributed by atoms with van der Waals surface area (Å²) in [6.45, 7) is 6.65. The van der Waals surface area contributed by atoms with Gasteiger partial charge in [0, 0.05) is 30.9 Å². The van der Waals surface area contributed by atoms with Crippen molar-refractivity contribution in [1.82, 2.24) is 0 Å². The van der Waals surface area contributed by atoms with E-state index in [0.717, 1.165) is 24.3 Å². The highest BCUT2D eigenvalue weighted by molar-refractivity contribution is 5.94. The van der Waals surface area contributed by atoms with Gasteiger partial charge in [-0.25, -0.2) is 0 Å². The molecule has 0 saturated heterocycles. The van der Waals surface area contributed by atoms with Crippen LogP contribution in [0.4, 0.5) is 11.4 Å². The molecule has 0 fully saturated rings. The first-order valence-corrected chi connectivity index (χ1v) is 5.75. The number of hydrogen-bond donors (Lipinski definition) is 1. The maximum atomic E-state index is 11.4. The predicted octanol–water partition coefficient (Wildman–Crippen LogP) is 2.42. The number of nitrogens with zero attached hydrogens (tertiary/aromatic N) is 1. The third kappa shape index (κ3) is 2.03. The Labute approximate surface area is 96.5 Å². The number of hydrogen-bond acceptors (Lipinski definition) is 2. The van der Waals surface area contributed by atoms with Crippen molar-refractivity contribution in [2.75, 3.05) is 16.8 Å². The van der Waals surface area contributed by atoms with Crippen LogP contribution in [0.15, 0.2) is 18.2 Å². The second kappa shape index (κ2) is 4.16. The minimum Gasteiger partial charge on any atom is -0.383 e. The van der Waals surface area contributed by atoms with Crippen LogP contribution in [0.2, 0.25) is 0 Å². The number of carbonyl (C=O) groups excluding carboxylic acids is 1. The molecule has 0 saturated carbocycles. The van der Waals surface area contributed by atoms with E-state index in [1.807, 2.05) is 4.90 Å². The maximum Gasteiger partial charge on any atom is 0.223 e. The van der Waals surface area contributed by atoms with E-state index in [1.54, 1.807) is 6.92 Å². The van der Waals surface area contributed by atoms with Gasteiger partial charge >= 0.3 is 0 Å². The van der Waals surface area contributed by atoms with Crippen molar-refractivity contribution in [2.24, 2.45) is 0 Å². The van der Waals surface area contributed by atoms with Crippen LogP contribution >= 0.6 is 0 Å². The lowest BCUT2D eigenvalue weighted by Crippen LogP contribution is -2.25.